The lowest BCUT2D eigenvalue weighted by molar-refractivity contribution is -0.0667. The molecule has 0 atom stereocenters. The molecule has 0 saturated heterocycles. The van der Waals surface area contributed by atoms with Crippen LogP contribution in [0.15, 0.2) is 23.3 Å². The highest BCUT2D eigenvalue weighted by Crippen LogP contribution is 2.43. The second-order valence-electron chi connectivity index (χ2n) is 7.90. The lowest BCUT2D eigenvalue weighted by Gasteiger charge is -2.38. The molecule has 1 fully saturated rings. The summed E-state index contributed by atoms with van der Waals surface area (Å²) in [6.45, 7) is 1.69. The molecule has 31 heavy (non-hydrogen) atoms. The summed E-state index contributed by atoms with van der Waals surface area (Å²) >= 11 is 1.20. The van der Waals surface area contributed by atoms with Gasteiger partial charge in [-0.2, -0.15) is 0 Å². The first-order valence-electron chi connectivity index (χ1n) is 9.67. The van der Waals surface area contributed by atoms with Gasteiger partial charge < -0.3 is 10.6 Å². The molecule has 1 amide bonds. The maximum Gasteiger partial charge on any atom is 0.276 e. The predicted octanol–water partition coefficient (Wildman–Crippen LogP) is 3.32. The van der Waals surface area contributed by atoms with Gasteiger partial charge in [0, 0.05) is 12.8 Å². The highest BCUT2D eigenvalue weighted by atomic mass is 32.1. The fourth-order valence-corrected chi connectivity index (χ4v) is 5.20. The van der Waals surface area contributed by atoms with Crippen LogP contribution < -0.4 is 16.2 Å². The fourth-order valence-electron chi connectivity index (χ4n) is 4.39. The van der Waals surface area contributed by atoms with Crippen molar-refractivity contribution >= 4 is 45.3 Å². The standard InChI is InChI=1S/C20H17F2N5O3S/c1-10-6-13(25-15-12-7-11(8-28)31-17(12)24-9-23-15)18(30)27-14(10)16(29)26-20(27)4-2-19(21,22)3-5-20/h6-9H,2-5H2,1H3,(H,26,29)(H,23,24,25). The van der Waals surface area contributed by atoms with Gasteiger partial charge in [0.25, 0.3) is 11.5 Å². The third kappa shape index (κ3) is 3.02. The summed E-state index contributed by atoms with van der Waals surface area (Å²) < 4.78 is 28.9. The van der Waals surface area contributed by atoms with Crippen molar-refractivity contribution in [2.75, 3.05) is 5.32 Å². The first-order chi connectivity index (χ1) is 14.7. The van der Waals surface area contributed by atoms with Gasteiger partial charge in [-0.25, -0.2) is 18.7 Å². The lowest BCUT2D eigenvalue weighted by Crippen LogP contribution is -2.51. The number of nitrogens with one attached hydrogen (secondary N) is 2. The number of amides is 1. The molecule has 1 spiro atoms. The molecule has 3 aromatic heterocycles. The normalized spacial score (nSPS) is 18.7. The van der Waals surface area contributed by atoms with E-state index in [1.54, 1.807) is 19.1 Å². The molecule has 4 heterocycles. The summed E-state index contributed by atoms with van der Waals surface area (Å²) in [5, 5.41) is 6.36. The Balaban J connectivity index is 1.62. The zero-order chi connectivity index (χ0) is 22.0. The van der Waals surface area contributed by atoms with Gasteiger partial charge in [-0.05, 0) is 37.5 Å². The second kappa shape index (κ2) is 6.64. The van der Waals surface area contributed by atoms with Crippen molar-refractivity contribution in [3.05, 3.63) is 44.9 Å². The van der Waals surface area contributed by atoms with E-state index in [4.69, 9.17) is 0 Å². The minimum Gasteiger partial charge on any atom is -0.335 e. The van der Waals surface area contributed by atoms with Crippen LogP contribution in [0.25, 0.3) is 10.2 Å². The van der Waals surface area contributed by atoms with Crippen LogP contribution >= 0.6 is 11.3 Å². The molecule has 8 nitrogen and oxygen atoms in total. The number of alkyl halides is 2. The molecule has 0 aromatic carbocycles. The zero-order valence-corrected chi connectivity index (χ0v) is 17.2. The Kier molecular flexibility index (Phi) is 4.23. The highest BCUT2D eigenvalue weighted by molar-refractivity contribution is 7.20. The Morgan fingerprint density at radius 2 is 1.94 bits per heavy atom. The number of thiophene rings is 1. The fraction of sp³-hybridized carbons (Fsp3) is 0.350. The molecule has 1 aliphatic heterocycles. The van der Waals surface area contributed by atoms with Crippen molar-refractivity contribution in [3.63, 3.8) is 0 Å². The molecule has 160 valence electrons. The third-order valence-electron chi connectivity index (χ3n) is 5.91. The van der Waals surface area contributed by atoms with Crippen LogP contribution in [-0.2, 0) is 5.66 Å². The summed E-state index contributed by atoms with van der Waals surface area (Å²) in [6.07, 6.45) is 1.14. The van der Waals surface area contributed by atoms with Crippen LogP contribution in [0, 0.1) is 6.92 Å². The summed E-state index contributed by atoms with van der Waals surface area (Å²) in [6, 6.07) is 3.17. The van der Waals surface area contributed by atoms with E-state index in [0.717, 1.165) is 0 Å². The van der Waals surface area contributed by atoms with Crippen molar-refractivity contribution < 1.29 is 18.4 Å². The van der Waals surface area contributed by atoms with Gasteiger partial charge in [0.15, 0.2) is 6.29 Å². The van der Waals surface area contributed by atoms with Gasteiger partial charge in [0.05, 0.1) is 10.3 Å². The molecule has 1 aliphatic carbocycles. The molecule has 0 radical (unpaired) electrons. The number of carbonyl (C=O) groups is 2. The van der Waals surface area contributed by atoms with E-state index >= 15 is 0 Å². The summed E-state index contributed by atoms with van der Waals surface area (Å²) in [7, 11) is 0. The number of anilines is 2. The van der Waals surface area contributed by atoms with Gasteiger partial charge in [-0.1, -0.05) is 0 Å². The molecular formula is C20H17F2N5O3S. The highest BCUT2D eigenvalue weighted by Gasteiger charge is 2.51. The maximum absolute atomic E-state index is 13.8. The summed E-state index contributed by atoms with van der Waals surface area (Å²) in [4.78, 5) is 46.5. The van der Waals surface area contributed by atoms with Crippen LogP contribution in [0.2, 0.25) is 0 Å². The number of nitrogens with zero attached hydrogens (tertiary/aromatic N) is 3. The van der Waals surface area contributed by atoms with E-state index < -0.39 is 35.9 Å². The first-order valence-corrected chi connectivity index (χ1v) is 10.5. The van der Waals surface area contributed by atoms with Crippen molar-refractivity contribution in [3.8, 4) is 0 Å². The SMILES string of the molecule is Cc1cc(Nc2ncnc3sc(C=O)cc23)c(=O)n2c1C(=O)NC21CCC(F)(F)CC1. The van der Waals surface area contributed by atoms with E-state index in [9.17, 15) is 23.2 Å². The van der Waals surface area contributed by atoms with Crippen molar-refractivity contribution in [1.82, 2.24) is 19.9 Å². The topological polar surface area (TPSA) is 106 Å². The number of halogens is 2. The molecule has 1 saturated carbocycles. The van der Waals surface area contributed by atoms with Crippen molar-refractivity contribution in [1.29, 1.82) is 0 Å². The quantitative estimate of drug-likeness (QED) is 0.599. The number of rotatable bonds is 3. The van der Waals surface area contributed by atoms with E-state index in [0.29, 0.717) is 32.8 Å². The molecule has 2 aliphatic rings. The molecule has 2 N–H and O–H groups in total. The Hall–Kier alpha value is -3.21. The van der Waals surface area contributed by atoms with Crippen LogP contribution in [0.5, 0.6) is 0 Å². The van der Waals surface area contributed by atoms with Crippen LogP contribution in [0.1, 0.15) is 51.4 Å². The maximum atomic E-state index is 13.8. The van der Waals surface area contributed by atoms with Gasteiger partial charge in [-0.3, -0.25) is 19.0 Å². The molecule has 3 aromatic rings. The monoisotopic (exact) mass is 445 g/mol. The van der Waals surface area contributed by atoms with Gasteiger partial charge in [-0.15, -0.1) is 11.3 Å². The van der Waals surface area contributed by atoms with Crippen LogP contribution in [-0.4, -0.2) is 32.7 Å². The first kappa shape index (κ1) is 19.7. The number of pyridine rings is 1. The Labute approximate surface area is 178 Å². The van der Waals surface area contributed by atoms with Crippen LogP contribution in [0.3, 0.4) is 0 Å². The number of aromatic nitrogens is 3. The largest absolute Gasteiger partial charge is 0.335 e. The van der Waals surface area contributed by atoms with Crippen molar-refractivity contribution in [2.24, 2.45) is 0 Å². The average Bonchev–Trinajstić information content (AvgIpc) is 3.28. The van der Waals surface area contributed by atoms with Gasteiger partial charge >= 0.3 is 0 Å². The second-order valence-corrected chi connectivity index (χ2v) is 8.97. The average molecular weight is 445 g/mol. The Morgan fingerprint density at radius 3 is 2.65 bits per heavy atom. The summed E-state index contributed by atoms with van der Waals surface area (Å²) in [5.41, 5.74) is -0.776. The van der Waals surface area contributed by atoms with E-state index in [2.05, 4.69) is 20.6 Å². The van der Waals surface area contributed by atoms with E-state index in [-0.39, 0.29) is 24.2 Å². The number of aryl methyl sites for hydroxylation is 1. The number of hydrogen-bond donors (Lipinski definition) is 2. The number of fused-ring (bicyclic) bond motifs is 3. The predicted molar refractivity (Wildman–Crippen MR) is 110 cm³/mol. The minimum atomic E-state index is -2.81. The van der Waals surface area contributed by atoms with E-state index in [1.165, 1.54) is 22.2 Å². The lowest BCUT2D eigenvalue weighted by atomic mass is 9.86. The molecule has 11 heteroatoms. The Bertz CT molecular complexity index is 1310. The number of carbonyl (C=O) groups excluding carboxylic acids is 2. The smallest absolute Gasteiger partial charge is 0.276 e. The molecule has 0 bridgehead atoms. The van der Waals surface area contributed by atoms with Crippen LogP contribution in [0.4, 0.5) is 20.3 Å². The van der Waals surface area contributed by atoms with Gasteiger partial charge in [0.2, 0.25) is 5.92 Å². The molecular weight excluding hydrogens is 428 g/mol. The van der Waals surface area contributed by atoms with Crippen molar-refractivity contribution in [2.45, 2.75) is 44.2 Å². The van der Waals surface area contributed by atoms with E-state index in [1.807, 2.05) is 0 Å². The minimum absolute atomic E-state index is 0.0352. The number of hydrogen-bond acceptors (Lipinski definition) is 7. The molecule has 0 unspecified atom stereocenters. The van der Waals surface area contributed by atoms with Gasteiger partial charge in [0.1, 0.15) is 34.0 Å². The molecule has 5 rings (SSSR count). The number of aldehydes is 1. The third-order valence-corrected chi connectivity index (χ3v) is 6.88. The summed E-state index contributed by atoms with van der Waals surface area (Å²) in [5.74, 6) is -2.91. The zero-order valence-electron chi connectivity index (χ0n) is 16.4. The Morgan fingerprint density at radius 1 is 1.19 bits per heavy atom.